The Bertz CT molecular complexity index is 1240. The number of nitrogens with zero attached hydrogens (tertiary/aromatic N) is 3. The van der Waals surface area contributed by atoms with Gasteiger partial charge in [0.15, 0.2) is 24.7 Å². The third kappa shape index (κ3) is 5.59. The Hall–Kier alpha value is -2.87. The van der Waals surface area contributed by atoms with E-state index in [0.29, 0.717) is 42.8 Å². The van der Waals surface area contributed by atoms with Crippen molar-refractivity contribution in [2.24, 2.45) is 0 Å². The minimum atomic E-state index is 0. The molecule has 7 nitrogen and oxygen atoms in total. The summed E-state index contributed by atoms with van der Waals surface area (Å²) in [6.07, 6.45) is 4.28. The lowest BCUT2D eigenvalue weighted by Gasteiger charge is -2.18. The van der Waals surface area contributed by atoms with Crippen LogP contribution in [0.5, 0.6) is 17.2 Å². The van der Waals surface area contributed by atoms with Crippen LogP contribution < -0.4 is 35.8 Å². The first-order valence-electron chi connectivity index (χ1n) is 12.6. The SMILES string of the molecule is Cc1ccc(C(C)C)c(OCc2nn(CC(=O)c3ccc4c(c3)OCCO4)c3[n+]2CCCCC3)c1.[Br-]. The standard InChI is InChI=1S/C28H34N3O4.BrH/c1-19(2)22-10-8-20(3)15-25(22)35-18-27-29-31(28-7-5-4-6-12-30(27)28)17-23(32)21-9-11-24-26(16-21)34-14-13-33-24;/h8-11,15-16,19H,4-7,12-14,17-18H2,1-3H3;1H/q+1;/p-1. The van der Waals surface area contributed by atoms with Crippen LogP contribution in [0.15, 0.2) is 36.4 Å². The Morgan fingerprint density at radius 1 is 1.08 bits per heavy atom. The molecule has 3 heterocycles. The lowest BCUT2D eigenvalue weighted by Crippen LogP contribution is -3.00. The van der Waals surface area contributed by atoms with Crippen molar-refractivity contribution in [3.05, 3.63) is 64.7 Å². The monoisotopic (exact) mass is 555 g/mol. The highest BCUT2D eigenvalue weighted by molar-refractivity contribution is 5.96. The molecule has 0 radical (unpaired) electrons. The van der Waals surface area contributed by atoms with Gasteiger partial charge in [0.05, 0.1) is 6.54 Å². The summed E-state index contributed by atoms with van der Waals surface area (Å²) in [4.78, 5) is 13.2. The summed E-state index contributed by atoms with van der Waals surface area (Å²) in [5.41, 5.74) is 2.97. The number of ether oxygens (including phenoxy) is 3. The summed E-state index contributed by atoms with van der Waals surface area (Å²) in [6, 6.07) is 11.8. The molecule has 2 aromatic carbocycles. The van der Waals surface area contributed by atoms with Gasteiger partial charge in [0.1, 0.15) is 19.0 Å². The van der Waals surface area contributed by atoms with Gasteiger partial charge >= 0.3 is 5.82 Å². The smallest absolute Gasteiger partial charge is 0.315 e. The van der Waals surface area contributed by atoms with E-state index in [4.69, 9.17) is 19.3 Å². The normalized spacial score (nSPS) is 14.6. The minimum absolute atomic E-state index is 0. The van der Waals surface area contributed by atoms with Crippen LogP contribution in [0.1, 0.15) is 72.2 Å². The maximum atomic E-state index is 13.2. The molecule has 0 amide bonds. The number of carbonyl (C=O) groups excluding carboxylic acids is 1. The van der Waals surface area contributed by atoms with E-state index >= 15 is 0 Å². The molecule has 192 valence electrons. The van der Waals surface area contributed by atoms with Crippen molar-refractivity contribution in [1.82, 2.24) is 9.78 Å². The van der Waals surface area contributed by atoms with Crippen molar-refractivity contribution in [2.45, 2.75) is 72.1 Å². The van der Waals surface area contributed by atoms with Crippen LogP contribution in [0.4, 0.5) is 0 Å². The summed E-state index contributed by atoms with van der Waals surface area (Å²) >= 11 is 0. The Balaban J connectivity index is 0.00000304. The summed E-state index contributed by atoms with van der Waals surface area (Å²) in [6.45, 7) is 8.93. The molecular weight excluding hydrogens is 522 g/mol. The predicted molar refractivity (Wildman–Crippen MR) is 131 cm³/mol. The zero-order chi connectivity index (χ0) is 24.4. The average molecular weight is 557 g/mol. The van der Waals surface area contributed by atoms with Crippen molar-refractivity contribution in [1.29, 1.82) is 0 Å². The molecule has 5 rings (SSSR count). The summed E-state index contributed by atoms with van der Waals surface area (Å²) in [5.74, 6) is 4.57. The van der Waals surface area contributed by atoms with Crippen LogP contribution in [0.2, 0.25) is 0 Å². The van der Waals surface area contributed by atoms with Crippen molar-refractivity contribution >= 4 is 5.78 Å². The van der Waals surface area contributed by atoms with Crippen LogP contribution in [0, 0.1) is 6.92 Å². The first-order valence-corrected chi connectivity index (χ1v) is 12.6. The van der Waals surface area contributed by atoms with Crippen LogP contribution >= 0.6 is 0 Å². The Kier molecular flexibility index (Phi) is 8.34. The number of halogens is 1. The molecule has 0 atom stereocenters. The fourth-order valence-corrected chi connectivity index (χ4v) is 4.85. The maximum absolute atomic E-state index is 13.2. The van der Waals surface area contributed by atoms with Gasteiger partial charge < -0.3 is 31.2 Å². The van der Waals surface area contributed by atoms with Gasteiger partial charge in [0.2, 0.25) is 11.6 Å². The first-order chi connectivity index (χ1) is 17.0. The van der Waals surface area contributed by atoms with Crippen LogP contribution in [0.25, 0.3) is 0 Å². The molecule has 0 unspecified atom stereocenters. The van der Waals surface area contributed by atoms with Crippen LogP contribution in [-0.4, -0.2) is 28.8 Å². The fraction of sp³-hybridized carbons (Fsp3) is 0.464. The fourth-order valence-electron chi connectivity index (χ4n) is 4.85. The number of ketones is 1. The Morgan fingerprint density at radius 3 is 2.69 bits per heavy atom. The zero-order valence-electron chi connectivity index (χ0n) is 21.3. The highest BCUT2D eigenvalue weighted by Gasteiger charge is 2.29. The quantitative estimate of drug-likeness (QED) is 0.327. The number of aromatic nitrogens is 3. The van der Waals surface area contributed by atoms with Crippen LogP contribution in [0.3, 0.4) is 0 Å². The molecule has 36 heavy (non-hydrogen) atoms. The van der Waals surface area contributed by atoms with Gasteiger partial charge in [-0.15, -0.1) is 4.68 Å². The molecule has 0 bridgehead atoms. The number of Topliss-reactive ketones (excluding diaryl/α,β-unsaturated/α-hetero) is 1. The van der Waals surface area contributed by atoms with E-state index in [1.165, 1.54) is 17.5 Å². The van der Waals surface area contributed by atoms with E-state index < -0.39 is 0 Å². The van der Waals surface area contributed by atoms with Crippen LogP contribution in [-0.2, 0) is 26.1 Å². The van der Waals surface area contributed by atoms with Gasteiger partial charge in [-0.2, -0.15) is 0 Å². The van der Waals surface area contributed by atoms with Crippen molar-refractivity contribution in [3.63, 3.8) is 0 Å². The van der Waals surface area contributed by atoms with Crippen molar-refractivity contribution < 1.29 is 40.6 Å². The molecule has 8 heteroatoms. The van der Waals surface area contributed by atoms with E-state index in [9.17, 15) is 4.79 Å². The second-order valence-corrected chi connectivity index (χ2v) is 9.72. The molecular formula is C28H34BrN3O4. The third-order valence-corrected chi connectivity index (χ3v) is 6.74. The van der Waals surface area contributed by atoms with Gasteiger partial charge in [-0.05, 0) is 67.5 Å². The minimum Gasteiger partial charge on any atom is -1.00 e. The lowest BCUT2D eigenvalue weighted by molar-refractivity contribution is -0.712. The lowest BCUT2D eigenvalue weighted by atomic mass is 10.0. The molecule has 2 aliphatic rings. The number of carbonyl (C=O) groups is 1. The molecule has 0 spiro atoms. The second kappa shape index (κ2) is 11.5. The molecule has 0 fully saturated rings. The van der Waals surface area contributed by atoms with E-state index in [1.807, 2.05) is 10.7 Å². The predicted octanol–water partition coefficient (Wildman–Crippen LogP) is 1.57. The van der Waals surface area contributed by atoms with Gasteiger partial charge in [0, 0.05) is 17.1 Å². The van der Waals surface area contributed by atoms with Crippen molar-refractivity contribution in [2.75, 3.05) is 13.2 Å². The summed E-state index contributed by atoms with van der Waals surface area (Å²) < 4.78 is 21.7. The molecule has 0 saturated carbocycles. The summed E-state index contributed by atoms with van der Waals surface area (Å²) in [7, 11) is 0. The topological polar surface area (TPSA) is 66.5 Å². The highest BCUT2D eigenvalue weighted by atomic mass is 79.9. The summed E-state index contributed by atoms with van der Waals surface area (Å²) in [5, 5.41) is 4.88. The van der Waals surface area contributed by atoms with Gasteiger partial charge in [-0.3, -0.25) is 4.79 Å². The Morgan fingerprint density at radius 2 is 1.89 bits per heavy atom. The van der Waals surface area contributed by atoms with E-state index in [-0.39, 0.29) is 29.3 Å². The van der Waals surface area contributed by atoms with Crippen molar-refractivity contribution in [3.8, 4) is 17.2 Å². The van der Waals surface area contributed by atoms with Gasteiger partial charge in [0.25, 0.3) is 0 Å². The Labute approximate surface area is 223 Å². The number of hydrogen-bond donors (Lipinski definition) is 0. The van der Waals surface area contributed by atoms with E-state index in [1.54, 1.807) is 12.1 Å². The second-order valence-electron chi connectivity index (χ2n) is 9.72. The first kappa shape index (κ1) is 26.2. The average Bonchev–Trinajstić information content (AvgIpc) is 3.01. The molecule has 1 aromatic heterocycles. The number of hydrogen-bond acceptors (Lipinski definition) is 5. The zero-order valence-corrected chi connectivity index (χ0v) is 22.8. The molecule has 2 aliphatic heterocycles. The van der Waals surface area contributed by atoms with Gasteiger partial charge in [-0.25, -0.2) is 4.57 Å². The number of rotatable bonds is 7. The third-order valence-electron chi connectivity index (χ3n) is 6.74. The van der Waals surface area contributed by atoms with E-state index in [0.717, 1.165) is 43.2 Å². The molecule has 0 aliphatic carbocycles. The molecule has 0 N–H and O–H groups in total. The molecule has 0 saturated heterocycles. The molecule has 3 aromatic rings. The van der Waals surface area contributed by atoms with E-state index in [2.05, 4.69) is 43.5 Å². The largest absolute Gasteiger partial charge is 1.00 e. The van der Waals surface area contributed by atoms with Gasteiger partial charge in [-0.1, -0.05) is 26.0 Å². The number of fused-ring (bicyclic) bond motifs is 2. The highest BCUT2D eigenvalue weighted by Crippen LogP contribution is 2.31. The number of benzene rings is 2. The maximum Gasteiger partial charge on any atom is 0.315 e. The number of aryl methyl sites for hydroxylation is 1.